The average molecular weight is 392 g/mol. The van der Waals surface area contributed by atoms with Gasteiger partial charge in [-0.15, -0.1) is 0 Å². The molecule has 6 nitrogen and oxygen atoms in total. The summed E-state index contributed by atoms with van der Waals surface area (Å²) in [6.07, 6.45) is -1.14. The highest BCUT2D eigenvalue weighted by atomic mass is 35.5. The number of carbonyl (C=O) groups is 2. The van der Waals surface area contributed by atoms with Gasteiger partial charge in [0.25, 0.3) is 0 Å². The molecule has 2 heterocycles. The second-order valence-corrected chi connectivity index (χ2v) is 7.01. The fraction of sp³-hybridized carbons (Fsp3) is 0.400. The summed E-state index contributed by atoms with van der Waals surface area (Å²) in [4.78, 5) is 26.7. The summed E-state index contributed by atoms with van der Waals surface area (Å²) >= 11 is 6.42. The van der Waals surface area contributed by atoms with Crippen LogP contribution in [0.4, 0.5) is 4.79 Å². The van der Waals surface area contributed by atoms with Crippen molar-refractivity contribution in [3.63, 3.8) is 0 Å². The topological polar surface area (TPSA) is 65.1 Å². The Morgan fingerprint density at radius 3 is 2.70 bits per heavy atom. The second-order valence-electron chi connectivity index (χ2n) is 6.60. The number of allylic oxidation sites excluding steroid dienone is 2. The molecule has 1 aromatic carbocycles. The highest BCUT2D eigenvalue weighted by Crippen LogP contribution is 2.46. The van der Waals surface area contributed by atoms with Crippen molar-refractivity contribution in [1.29, 1.82) is 0 Å². The van der Waals surface area contributed by atoms with Gasteiger partial charge in [0, 0.05) is 11.6 Å². The zero-order valence-corrected chi connectivity index (χ0v) is 16.5. The van der Waals surface area contributed by atoms with E-state index in [4.69, 9.17) is 25.8 Å². The van der Waals surface area contributed by atoms with Crippen LogP contribution in [0.1, 0.15) is 39.2 Å². The molecule has 0 spiro atoms. The average Bonchev–Trinajstić information content (AvgIpc) is 2.97. The zero-order valence-electron chi connectivity index (χ0n) is 15.7. The number of nitrogens with zero attached hydrogens (tertiary/aromatic N) is 1. The molecule has 2 aliphatic rings. The number of cyclic esters (lactones) is 1. The normalized spacial score (nSPS) is 19.4. The Bertz CT molecular complexity index is 843. The van der Waals surface area contributed by atoms with Gasteiger partial charge < -0.3 is 19.1 Å². The van der Waals surface area contributed by atoms with Gasteiger partial charge in [0.1, 0.15) is 12.4 Å². The number of hydrogen-bond donors (Lipinski definition) is 0. The third-order valence-corrected chi connectivity index (χ3v) is 4.91. The number of ether oxygens (including phenoxy) is 3. The molecule has 0 radical (unpaired) electrons. The molecule has 0 bridgehead atoms. The Balaban J connectivity index is 2.14. The van der Waals surface area contributed by atoms with Crippen LogP contribution in [0.15, 0.2) is 47.0 Å². The van der Waals surface area contributed by atoms with E-state index < -0.39 is 18.0 Å². The lowest BCUT2D eigenvalue weighted by Crippen LogP contribution is -2.32. The van der Waals surface area contributed by atoms with Crippen LogP contribution in [0.2, 0.25) is 5.02 Å². The summed E-state index contributed by atoms with van der Waals surface area (Å²) in [5, 5.41) is 0.477. The lowest BCUT2D eigenvalue weighted by molar-refractivity contribution is -0.136. The van der Waals surface area contributed by atoms with Gasteiger partial charge in [-0.2, -0.15) is 0 Å². The summed E-state index contributed by atoms with van der Waals surface area (Å²) in [6.45, 7) is 8.06. The first-order chi connectivity index (χ1) is 12.8. The molecule has 1 atom stereocenters. The van der Waals surface area contributed by atoms with E-state index >= 15 is 0 Å². The lowest BCUT2D eigenvalue weighted by Gasteiger charge is -2.35. The predicted molar refractivity (Wildman–Crippen MR) is 100.0 cm³/mol. The number of carbonyl (C=O) groups excluding carboxylic acids is 2. The number of rotatable bonds is 4. The summed E-state index contributed by atoms with van der Waals surface area (Å²) < 4.78 is 16.0. The Labute approximate surface area is 163 Å². The maximum Gasteiger partial charge on any atom is 0.513 e. The molecular formula is C20H22ClNO5. The molecule has 27 heavy (non-hydrogen) atoms. The van der Waals surface area contributed by atoms with Crippen molar-refractivity contribution in [2.45, 2.75) is 39.7 Å². The Morgan fingerprint density at radius 1 is 1.37 bits per heavy atom. The van der Waals surface area contributed by atoms with E-state index in [1.54, 1.807) is 26.0 Å². The quantitative estimate of drug-likeness (QED) is 0.710. The van der Waals surface area contributed by atoms with E-state index in [1.807, 2.05) is 30.9 Å². The highest BCUT2D eigenvalue weighted by Gasteiger charge is 2.44. The van der Waals surface area contributed by atoms with Gasteiger partial charge in [-0.3, -0.25) is 0 Å². The van der Waals surface area contributed by atoms with Gasteiger partial charge in [-0.25, -0.2) is 9.59 Å². The first-order valence-electron chi connectivity index (χ1n) is 8.86. The van der Waals surface area contributed by atoms with Crippen LogP contribution in [0.3, 0.4) is 0 Å². The molecular weight excluding hydrogens is 370 g/mol. The monoisotopic (exact) mass is 391 g/mol. The Morgan fingerprint density at radius 2 is 2.07 bits per heavy atom. The minimum absolute atomic E-state index is 0.185. The minimum Gasteiger partial charge on any atom is -0.456 e. The van der Waals surface area contributed by atoms with E-state index in [-0.39, 0.29) is 12.7 Å². The smallest absolute Gasteiger partial charge is 0.456 e. The standard InChI is InChI=1S/C20H22ClNO5/c1-5-22-12(4)18(27-20(24)26-11(2)3)16(13-8-6-7-9-14(13)21)17-15(22)10-25-19(17)23/h6-9,11,16H,5,10H2,1-4H3. The lowest BCUT2D eigenvalue weighted by atomic mass is 9.85. The molecule has 0 aliphatic carbocycles. The highest BCUT2D eigenvalue weighted by molar-refractivity contribution is 6.31. The molecule has 0 N–H and O–H groups in total. The molecule has 2 aliphatic heterocycles. The SMILES string of the molecule is CCN1C(C)=C(OC(=O)OC(C)C)C(c2ccccc2Cl)C2=C1COC2=O. The number of likely N-dealkylation sites (N-methyl/N-ethyl adjacent to an activating group) is 1. The number of hydrogen-bond acceptors (Lipinski definition) is 6. The van der Waals surface area contributed by atoms with Crippen molar-refractivity contribution in [2.24, 2.45) is 0 Å². The van der Waals surface area contributed by atoms with E-state index in [0.717, 1.165) is 11.4 Å². The number of halogens is 1. The molecule has 0 aromatic heterocycles. The minimum atomic E-state index is -0.817. The molecule has 0 saturated heterocycles. The van der Waals surface area contributed by atoms with Crippen molar-refractivity contribution < 1.29 is 23.8 Å². The zero-order chi connectivity index (χ0) is 19.7. The van der Waals surface area contributed by atoms with Crippen molar-refractivity contribution in [3.05, 3.63) is 57.6 Å². The predicted octanol–water partition coefficient (Wildman–Crippen LogP) is 4.36. The van der Waals surface area contributed by atoms with Gasteiger partial charge in [-0.1, -0.05) is 29.8 Å². The molecule has 0 amide bonds. The summed E-state index contributed by atoms with van der Waals surface area (Å²) in [5.41, 5.74) is 2.62. The van der Waals surface area contributed by atoms with Gasteiger partial charge in [-0.05, 0) is 39.3 Å². The van der Waals surface area contributed by atoms with E-state index in [9.17, 15) is 9.59 Å². The van der Waals surface area contributed by atoms with Crippen LogP contribution in [0, 0.1) is 0 Å². The largest absolute Gasteiger partial charge is 0.513 e. The van der Waals surface area contributed by atoms with Crippen LogP contribution in [-0.4, -0.2) is 36.3 Å². The Hall–Kier alpha value is -2.47. The van der Waals surface area contributed by atoms with Crippen molar-refractivity contribution in [2.75, 3.05) is 13.2 Å². The first kappa shape index (κ1) is 19.3. The van der Waals surface area contributed by atoms with Gasteiger partial charge in [0.05, 0.1) is 29.0 Å². The van der Waals surface area contributed by atoms with Crippen molar-refractivity contribution in [3.8, 4) is 0 Å². The molecule has 7 heteroatoms. The van der Waals surface area contributed by atoms with Crippen LogP contribution < -0.4 is 0 Å². The fourth-order valence-corrected chi connectivity index (χ4v) is 3.71. The maximum atomic E-state index is 12.5. The fourth-order valence-electron chi connectivity index (χ4n) is 3.46. The summed E-state index contributed by atoms with van der Waals surface area (Å²) in [5.74, 6) is -0.737. The number of benzene rings is 1. The van der Waals surface area contributed by atoms with Crippen molar-refractivity contribution in [1.82, 2.24) is 4.90 Å². The van der Waals surface area contributed by atoms with Gasteiger partial charge >= 0.3 is 12.1 Å². The van der Waals surface area contributed by atoms with Crippen LogP contribution >= 0.6 is 11.6 Å². The number of esters is 1. The third-order valence-electron chi connectivity index (χ3n) is 4.57. The van der Waals surface area contributed by atoms with Crippen LogP contribution in [-0.2, 0) is 19.0 Å². The molecule has 144 valence electrons. The van der Waals surface area contributed by atoms with Gasteiger partial charge in [0.15, 0.2) is 0 Å². The van der Waals surface area contributed by atoms with Crippen LogP contribution in [0.25, 0.3) is 0 Å². The Kier molecular flexibility index (Phi) is 5.46. The molecule has 0 saturated carbocycles. The molecule has 3 rings (SSSR count). The van der Waals surface area contributed by atoms with E-state index in [1.165, 1.54) is 0 Å². The second kappa shape index (κ2) is 7.64. The summed E-state index contributed by atoms with van der Waals surface area (Å²) in [7, 11) is 0. The third kappa shape index (κ3) is 3.54. The van der Waals surface area contributed by atoms with Gasteiger partial charge in [0.2, 0.25) is 0 Å². The molecule has 1 aromatic rings. The van der Waals surface area contributed by atoms with Crippen molar-refractivity contribution >= 4 is 23.7 Å². The van der Waals surface area contributed by atoms with E-state index in [0.29, 0.717) is 28.5 Å². The first-order valence-corrected chi connectivity index (χ1v) is 9.24. The van der Waals surface area contributed by atoms with E-state index in [2.05, 4.69) is 0 Å². The summed E-state index contributed by atoms with van der Waals surface area (Å²) in [6, 6.07) is 7.19. The van der Waals surface area contributed by atoms with Crippen LogP contribution in [0.5, 0.6) is 0 Å². The molecule has 0 fully saturated rings. The maximum absolute atomic E-state index is 12.5. The molecule has 1 unspecified atom stereocenters.